The Balaban J connectivity index is 1.56. The van der Waals surface area contributed by atoms with Gasteiger partial charge < -0.3 is 10.2 Å². The molecule has 0 spiro atoms. The number of benzene rings is 2. The number of nitrogens with zero attached hydrogens (tertiary/aromatic N) is 1. The van der Waals surface area contributed by atoms with Gasteiger partial charge in [0.25, 0.3) is 0 Å². The van der Waals surface area contributed by atoms with Gasteiger partial charge >= 0.3 is 0 Å². The lowest BCUT2D eigenvalue weighted by atomic mass is 10.0. The fourth-order valence-electron chi connectivity index (χ4n) is 2.62. The minimum Gasteiger partial charge on any atom is -0.311 e. The molecule has 0 aromatic heterocycles. The maximum atomic E-state index is 3.57. The highest BCUT2D eigenvalue weighted by molar-refractivity contribution is 5.85. The molecular weight excluding hydrogens is 232 g/mol. The maximum Gasteiger partial charge on any atom is 0.0212 e. The molecular formula is C17H22N2. The molecule has 1 N–H and O–H groups in total. The van der Waals surface area contributed by atoms with Crippen molar-refractivity contribution in [1.29, 1.82) is 0 Å². The molecule has 1 aliphatic rings. The van der Waals surface area contributed by atoms with Crippen molar-refractivity contribution in [3.63, 3.8) is 0 Å². The monoisotopic (exact) mass is 254 g/mol. The standard InChI is InChI=1S/C17H22N2/c1-19(16-9-10-16)12-11-18-13-15-7-4-6-14-5-2-3-8-17(14)15/h2-8,16,18H,9-13H2,1H3. The van der Waals surface area contributed by atoms with Crippen molar-refractivity contribution >= 4 is 10.8 Å². The van der Waals surface area contributed by atoms with Crippen molar-refractivity contribution in [2.45, 2.75) is 25.4 Å². The van der Waals surface area contributed by atoms with Crippen LogP contribution in [0.3, 0.4) is 0 Å². The summed E-state index contributed by atoms with van der Waals surface area (Å²) in [5, 5.41) is 6.26. The summed E-state index contributed by atoms with van der Waals surface area (Å²) in [6, 6.07) is 16.0. The summed E-state index contributed by atoms with van der Waals surface area (Å²) in [5.41, 5.74) is 1.40. The summed E-state index contributed by atoms with van der Waals surface area (Å²) in [6.07, 6.45) is 2.78. The lowest BCUT2D eigenvalue weighted by Gasteiger charge is -2.16. The van der Waals surface area contributed by atoms with Gasteiger partial charge in [0, 0.05) is 25.7 Å². The zero-order valence-electron chi connectivity index (χ0n) is 11.6. The predicted molar refractivity (Wildman–Crippen MR) is 81.3 cm³/mol. The van der Waals surface area contributed by atoms with E-state index in [1.165, 1.54) is 29.2 Å². The number of hydrogen-bond acceptors (Lipinski definition) is 2. The third-order valence-electron chi connectivity index (χ3n) is 4.01. The van der Waals surface area contributed by atoms with E-state index in [1.807, 2.05) is 0 Å². The highest BCUT2D eigenvalue weighted by Crippen LogP contribution is 2.24. The van der Waals surface area contributed by atoms with E-state index < -0.39 is 0 Å². The van der Waals surface area contributed by atoms with Gasteiger partial charge in [0.15, 0.2) is 0 Å². The normalized spacial score (nSPS) is 15.3. The average molecular weight is 254 g/mol. The van der Waals surface area contributed by atoms with Crippen LogP contribution in [0, 0.1) is 0 Å². The van der Waals surface area contributed by atoms with Crippen LogP contribution in [0.4, 0.5) is 0 Å². The lowest BCUT2D eigenvalue weighted by Crippen LogP contribution is -2.30. The first-order valence-electron chi connectivity index (χ1n) is 7.22. The predicted octanol–water partition coefficient (Wildman–Crippen LogP) is 3.02. The van der Waals surface area contributed by atoms with Gasteiger partial charge in [-0.3, -0.25) is 0 Å². The van der Waals surface area contributed by atoms with Crippen molar-refractivity contribution in [3.8, 4) is 0 Å². The molecule has 1 saturated carbocycles. The van der Waals surface area contributed by atoms with Crippen LogP contribution in [-0.2, 0) is 6.54 Å². The van der Waals surface area contributed by atoms with Crippen LogP contribution in [0.2, 0.25) is 0 Å². The molecule has 0 unspecified atom stereocenters. The van der Waals surface area contributed by atoms with Gasteiger partial charge in [-0.15, -0.1) is 0 Å². The molecule has 2 heteroatoms. The molecule has 2 aromatic carbocycles. The summed E-state index contributed by atoms with van der Waals surface area (Å²) < 4.78 is 0. The molecule has 0 amide bonds. The van der Waals surface area contributed by atoms with Crippen LogP contribution in [0.25, 0.3) is 10.8 Å². The van der Waals surface area contributed by atoms with E-state index in [0.717, 1.165) is 25.7 Å². The van der Waals surface area contributed by atoms with Gasteiger partial charge in [-0.25, -0.2) is 0 Å². The van der Waals surface area contributed by atoms with E-state index in [-0.39, 0.29) is 0 Å². The third kappa shape index (κ3) is 3.14. The number of rotatable bonds is 6. The Morgan fingerprint density at radius 3 is 2.74 bits per heavy atom. The summed E-state index contributed by atoms with van der Waals surface area (Å²) in [5.74, 6) is 0. The molecule has 1 fully saturated rings. The van der Waals surface area contributed by atoms with Crippen LogP contribution < -0.4 is 5.32 Å². The number of nitrogens with one attached hydrogen (secondary N) is 1. The molecule has 0 radical (unpaired) electrons. The zero-order valence-corrected chi connectivity index (χ0v) is 11.6. The minimum absolute atomic E-state index is 0.861. The van der Waals surface area contributed by atoms with Gasteiger partial charge in [-0.1, -0.05) is 42.5 Å². The summed E-state index contributed by atoms with van der Waals surface area (Å²) in [4.78, 5) is 2.47. The molecule has 1 aliphatic carbocycles. The van der Waals surface area contributed by atoms with Crippen molar-refractivity contribution in [3.05, 3.63) is 48.0 Å². The van der Waals surface area contributed by atoms with E-state index in [1.54, 1.807) is 0 Å². The zero-order chi connectivity index (χ0) is 13.1. The fraction of sp³-hybridized carbons (Fsp3) is 0.412. The fourth-order valence-corrected chi connectivity index (χ4v) is 2.62. The highest BCUT2D eigenvalue weighted by atomic mass is 15.2. The van der Waals surface area contributed by atoms with Crippen molar-refractivity contribution < 1.29 is 0 Å². The molecule has 3 rings (SSSR count). The van der Waals surface area contributed by atoms with Crippen LogP contribution >= 0.6 is 0 Å². The van der Waals surface area contributed by atoms with E-state index in [9.17, 15) is 0 Å². The third-order valence-corrected chi connectivity index (χ3v) is 4.01. The Bertz CT molecular complexity index is 540. The minimum atomic E-state index is 0.861. The number of fused-ring (bicyclic) bond motifs is 1. The van der Waals surface area contributed by atoms with Crippen LogP contribution in [-0.4, -0.2) is 31.1 Å². The molecule has 100 valence electrons. The van der Waals surface area contributed by atoms with Crippen molar-refractivity contribution in [2.24, 2.45) is 0 Å². The van der Waals surface area contributed by atoms with E-state index in [0.29, 0.717) is 0 Å². The second-order valence-corrected chi connectivity index (χ2v) is 5.53. The van der Waals surface area contributed by atoms with Crippen molar-refractivity contribution in [1.82, 2.24) is 10.2 Å². The number of likely N-dealkylation sites (N-methyl/N-ethyl adjacent to an activating group) is 1. The van der Waals surface area contributed by atoms with Gasteiger partial charge in [0.2, 0.25) is 0 Å². The summed E-state index contributed by atoms with van der Waals surface area (Å²) >= 11 is 0. The van der Waals surface area contributed by atoms with Crippen LogP contribution in [0.15, 0.2) is 42.5 Å². The molecule has 0 aliphatic heterocycles. The number of hydrogen-bond donors (Lipinski definition) is 1. The first-order valence-corrected chi connectivity index (χ1v) is 7.22. The van der Waals surface area contributed by atoms with Gasteiger partial charge in [0.1, 0.15) is 0 Å². The van der Waals surface area contributed by atoms with Gasteiger partial charge in [0.05, 0.1) is 0 Å². The Morgan fingerprint density at radius 1 is 1.11 bits per heavy atom. The van der Waals surface area contributed by atoms with Crippen LogP contribution in [0.5, 0.6) is 0 Å². The second kappa shape index (κ2) is 5.72. The Morgan fingerprint density at radius 2 is 1.89 bits per heavy atom. The van der Waals surface area contributed by atoms with E-state index >= 15 is 0 Å². The summed E-state index contributed by atoms with van der Waals surface area (Å²) in [7, 11) is 2.23. The lowest BCUT2D eigenvalue weighted by molar-refractivity contribution is 0.322. The Hall–Kier alpha value is -1.38. The second-order valence-electron chi connectivity index (χ2n) is 5.53. The molecule has 19 heavy (non-hydrogen) atoms. The quantitative estimate of drug-likeness (QED) is 0.797. The SMILES string of the molecule is CN(CCNCc1cccc2ccccc12)C1CC1. The average Bonchev–Trinajstić information content (AvgIpc) is 3.28. The molecule has 0 atom stereocenters. The summed E-state index contributed by atoms with van der Waals surface area (Å²) in [6.45, 7) is 3.17. The largest absolute Gasteiger partial charge is 0.311 e. The topological polar surface area (TPSA) is 15.3 Å². The smallest absolute Gasteiger partial charge is 0.0212 e. The van der Waals surface area contributed by atoms with Crippen LogP contribution in [0.1, 0.15) is 18.4 Å². The molecule has 2 nitrogen and oxygen atoms in total. The maximum absolute atomic E-state index is 3.57. The van der Waals surface area contributed by atoms with Gasteiger partial charge in [-0.05, 0) is 36.2 Å². The molecule has 0 bridgehead atoms. The Labute approximate surface area is 115 Å². The first kappa shape index (κ1) is 12.6. The molecule has 2 aromatic rings. The molecule has 0 saturated heterocycles. The van der Waals surface area contributed by atoms with Crippen molar-refractivity contribution in [2.75, 3.05) is 20.1 Å². The molecule has 0 heterocycles. The van der Waals surface area contributed by atoms with E-state index in [4.69, 9.17) is 0 Å². The first-order chi connectivity index (χ1) is 9.34. The Kier molecular flexibility index (Phi) is 3.81. The highest BCUT2D eigenvalue weighted by Gasteiger charge is 2.25. The van der Waals surface area contributed by atoms with Gasteiger partial charge in [-0.2, -0.15) is 0 Å². The van der Waals surface area contributed by atoms with E-state index in [2.05, 4.69) is 59.7 Å².